The summed E-state index contributed by atoms with van der Waals surface area (Å²) in [7, 11) is 3.32. The topological polar surface area (TPSA) is 60.6 Å². The molecule has 3 rings (SSSR count). The Labute approximate surface area is 142 Å². The molecule has 0 saturated carbocycles. The average Bonchev–Trinajstić information content (AvgIpc) is 3.24. The third-order valence-electron chi connectivity index (χ3n) is 4.49. The largest absolute Gasteiger partial charge is 0.493 e. The standard InChI is InChI=1S/C18H25N3O3/c1-12(2)18-19-17(24-20-18)11-21-9-5-6-14(21)13-7-8-15(22-3)16(10-13)23-4/h7-8,10,12,14H,5-6,9,11H2,1-4H3. The monoisotopic (exact) mass is 331 g/mol. The van der Waals surface area contributed by atoms with E-state index in [-0.39, 0.29) is 5.92 Å². The van der Waals surface area contributed by atoms with Crippen molar-refractivity contribution >= 4 is 0 Å². The molecule has 1 saturated heterocycles. The SMILES string of the molecule is COc1ccc(C2CCCN2Cc2nc(C(C)C)no2)cc1OC. The Morgan fingerprint density at radius 2 is 2.04 bits per heavy atom. The number of ether oxygens (including phenoxy) is 2. The van der Waals surface area contributed by atoms with Gasteiger partial charge in [-0.1, -0.05) is 25.1 Å². The fourth-order valence-electron chi connectivity index (χ4n) is 3.19. The van der Waals surface area contributed by atoms with E-state index in [0.29, 0.717) is 18.5 Å². The zero-order valence-corrected chi connectivity index (χ0v) is 14.8. The lowest BCUT2D eigenvalue weighted by molar-refractivity contribution is 0.211. The molecule has 24 heavy (non-hydrogen) atoms. The van der Waals surface area contributed by atoms with Crippen LogP contribution in [0.4, 0.5) is 0 Å². The molecule has 1 aliphatic rings. The minimum absolute atomic E-state index is 0.280. The van der Waals surface area contributed by atoms with Crippen LogP contribution in [0.25, 0.3) is 0 Å². The van der Waals surface area contributed by atoms with Crippen molar-refractivity contribution < 1.29 is 14.0 Å². The highest BCUT2D eigenvalue weighted by Gasteiger charge is 2.28. The maximum atomic E-state index is 5.44. The van der Waals surface area contributed by atoms with E-state index in [1.807, 2.05) is 6.07 Å². The molecule has 2 heterocycles. The molecule has 1 aliphatic heterocycles. The lowest BCUT2D eigenvalue weighted by Crippen LogP contribution is -2.23. The number of rotatable bonds is 6. The van der Waals surface area contributed by atoms with Gasteiger partial charge in [0.25, 0.3) is 0 Å². The van der Waals surface area contributed by atoms with Crippen molar-refractivity contribution in [1.29, 1.82) is 0 Å². The van der Waals surface area contributed by atoms with Crippen LogP contribution in [0, 0.1) is 0 Å². The maximum absolute atomic E-state index is 5.44. The molecule has 0 N–H and O–H groups in total. The van der Waals surface area contributed by atoms with Crippen molar-refractivity contribution in [3.63, 3.8) is 0 Å². The van der Waals surface area contributed by atoms with Gasteiger partial charge in [-0.2, -0.15) is 4.98 Å². The van der Waals surface area contributed by atoms with E-state index < -0.39 is 0 Å². The summed E-state index contributed by atoms with van der Waals surface area (Å²) in [6.45, 7) is 5.84. The number of hydrogen-bond donors (Lipinski definition) is 0. The third-order valence-corrected chi connectivity index (χ3v) is 4.49. The van der Waals surface area contributed by atoms with Crippen molar-refractivity contribution in [1.82, 2.24) is 15.0 Å². The predicted octanol–water partition coefficient (Wildman–Crippen LogP) is 3.55. The molecular weight excluding hydrogens is 306 g/mol. The molecule has 0 amide bonds. The number of benzene rings is 1. The first-order valence-electron chi connectivity index (χ1n) is 8.40. The van der Waals surface area contributed by atoms with Gasteiger partial charge in [0.2, 0.25) is 5.89 Å². The Kier molecular flexibility index (Phi) is 5.04. The number of likely N-dealkylation sites (tertiary alicyclic amines) is 1. The second kappa shape index (κ2) is 7.21. The highest BCUT2D eigenvalue weighted by atomic mass is 16.5. The number of nitrogens with zero attached hydrogens (tertiary/aromatic N) is 3. The van der Waals surface area contributed by atoms with Crippen LogP contribution in [-0.4, -0.2) is 35.8 Å². The molecule has 130 valence electrons. The zero-order valence-electron chi connectivity index (χ0n) is 14.8. The highest BCUT2D eigenvalue weighted by Crippen LogP contribution is 2.37. The fourth-order valence-corrected chi connectivity index (χ4v) is 3.19. The fraction of sp³-hybridized carbons (Fsp3) is 0.556. The van der Waals surface area contributed by atoms with Gasteiger partial charge < -0.3 is 14.0 Å². The van der Waals surface area contributed by atoms with Crippen LogP contribution in [0.15, 0.2) is 22.7 Å². The van der Waals surface area contributed by atoms with E-state index in [4.69, 9.17) is 14.0 Å². The van der Waals surface area contributed by atoms with E-state index >= 15 is 0 Å². The van der Waals surface area contributed by atoms with Gasteiger partial charge >= 0.3 is 0 Å². The van der Waals surface area contributed by atoms with Gasteiger partial charge in [0, 0.05) is 12.0 Å². The van der Waals surface area contributed by atoms with E-state index in [1.54, 1.807) is 14.2 Å². The predicted molar refractivity (Wildman–Crippen MR) is 90.3 cm³/mol. The molecule has 0 radical (unpaired) electrons. The molecule has 6 nitrogen and oxygen atoms in total. The van der Waals surface area contributed by atoms with Gasteiger partial charge in [-0.15, -0.1) is 0 Å². The second-order valence-corrected chi connectivity index (χ2v) is 6.44. The van der Waals surface area contributed by atoms with Gasteiger partial charge in [0.15, 0.2) is 17.3 Å². The molecule has 1 unspecified atom stereocenters. The van der Waals surface area contributed by atoms with Crippen molar-refractivity contribution in [3.05, 3.63) is 35.5 Å². The van der Waals surface area contributed by atoms with E-state index in [1.165, 1.54) is 5.56 Å². The van der Waals surface area contributed by atoms with Crippen LogP contribution < -0.4 is 9.47 Å². The van der Waals surface area contributed by atoms with Crippen LogP contribution in [0.5, 0.6) is 11.5 Å². The summed E-state index contributed by atoms with van der Waals surface area (Å²) in [4.78, 5) is 6.89. The summed E-state index contributed by atoms with van der Waals surface area (Å²) in [6.07, 6.45) is 2.27. The van der Waals surface area contributed by atoms with E-state index in [2.05, 4.69) is 41.0 Å². The van der Waals surface area contributed by atoms with Crippen LogP contribution in [0.1, 0.15) is 55.9 Å². The lowest BCUT2D eigenvalue weighted by atomic mass is 10.0. The Morgan fingerprint density at radius 3 is 2.71 bits per heavy atom. The van der Waals surface area contributed by atoms with Gasteiger partial charge in [0.05, 0.1) is 20.8 Å². The maximum Gasteiger partial charge on any atom is 0.240 e. The first kappa shape index (κ1) is 16.8. The summed E-state index contributed by atoms with van der Waals surface area (Å²) in [5.41, 5.74) is 1.23. The summed E-state index contributed by atoms with van der Waals surface area (Å²) < 4.78 is 16.2. The Bertz CT molecular complexity index is 684. The summed E-state index contributed by atoms with van der Waals surface area (Å²) >= 11 is 0. The molecular formula is C18H25N3O3. The van der Waals surface area contributed by atoms with Crippen LogP contribution in [0.2, 0.25) is 0 Å². The first-order chi connectivity index (χ1) is 11.6. The summed E-state index contributed by atoms with van der Waals surface area (Å²) in [5.74, 6) is 3.26. The number of methoxy groups -OCH3 is 2. The zero-order chi connectivity index (χ0) is 17.1. The smallest absolute Gasteiger partial charge is 0.240 e. The van der Waals surface area contributed by atoms with Crippen molar-refractivity contribution in [3.8, 4) is 11.5 Å². The molecule has 2 aromatic rings. The molecule has 1 atom stereocenters. The Balaban J connectivity index is 1.77. The summed E-state index contributed by atoms with van der Waals surface area (Å²) in [6, 6.07) is 6.47. The Morgan fingerprint density at radius 1 is 1.25 bits per heavy atom. The Hall–Kier alpha value is -2.08. The van der Waals surface area contributed by atoms with Gasteiger partial charge in [0.1, 0.15) is 0 Å². The molecule has 0 bridgehead atoms. The van der Waals surface area contributed by atoms with E-state index in [0.717, 1.165) is 36.7 Å². The molecule has 1 aromatic carbocycles. The molecule has 6 heteroatoms. The quantitative estimate of drug-likeness (QED) is 0.807. The van der Waals surface area contributed by atoms with Crippen LogP contribution in [0.3, 0.4) is 0 Å². The van der Waals surface area contributed by atoms with E-state index in [9.17, 15) is 0 Å². The minimum Gasteiger partial charge on any atom is -0.493 e. The normalized spacial score (nSPS) is 18.3. The molecule has 1 fully saturated rings. The second-order valence-electron chi connectivity index (χ2n) is 6.44. The van der Waals surface area contributed by atoms with Crippen LogP contribution >= 0.6 is 0 Å². The van der Waals surface area contributed by atoms with Gasteiger partial charge in [-0.25, -0.2) is 0 Å². The van der Waals surface area contributed by atoms with Crippen LogP contribution in [-0.2, 0) is 6.54 Å². The van der Waals surface area contributed by atoms with Crippen molar-refractivity contribution in [2.75, 3.05) is 20.8 Å². The lowest BCUT2D eigenvalue weighted by Gasteiger charge is -2.24. The van der Waals surface area contributed by atoms with Gasteiger partial charge in [-0.3, -0.25) is 4.90 Å². The highest BCUT2D eigenvalue weighted by molar-refractivity contribution is 5.44. The molecule has 0 aliphatic carbocycles. The van der Waals surface area contributed by atoms with Crippen molar-refractivity contribution in [2.24, 2.45) is 0 Å². The molecule has 0 spiro atoms. The third kappa shape index (κ3) is 3.38. The van der Waals surface area contributed by atoms with Gasteiger partial charge in [-0.05, 0) is 37.1 Å². The average molecular weight is 331 g/mol. The minimum atomic E-state index is 0.280. The number of hydrogen-bond acceptors (Lipinski definition) is 6. The molecule has 1 aromatic heterocycles. The number of aromatic nitrogens is 2. The summed E-state index contributed by atoms with van der Waals surface area (Å²) in [5, 5.41) is 4.06. The first-order valence-corrected chi connectivity index (χ1v) is 8.40. The van der Waals surface area contributed by atoms with Crippen molar-refractivity contribution in [2.45, 2.75) is 45.2 Å².